The minimum atomic E-state index is -0.370. The molecule has 0 saturated heterocycles. The first-order chi connectivity index (χ1) is 14.1. The summed E-state index contributed by atoms with van der Waals surface area (Å²) in [6.07, 6.45) is 8.24. The molecule has 1 aliphatic rings. The fourth-order valence-electron chi connectivity index (χ4n) is 4.87. The zero-order valence-corrected chi connectivity index (χ0v) is 17.3. The molecule has 4 nitrogen and oxygen atoms in total. The van der Waals surface area contributed by atoms with Crippen molar-refractivity contribution < 1.29 is 4.79 Å². The van der Waals surface area contributed by atoms with Gasteiger partial charge in [0, 0.05) is 23.1 Å². The summed E-state index contributed by atoms with van der Waals surface area (Å²) in [7, 11) is 0. The van der Waals surface area contributed by atoms with Crippen molar-refractivity contribution in [2.24, 2.45) is 5.73 Å². The molecule has 0 spiro atoms. The van der Waals surface area contributed by atoms with Crippen LogP contribution in [0.15, 0.2) is 48.7 Å². The highest BCUT2D eigenvalue weighted by Crippen LogP contribution is 2.41. The predicted molar refractivity (Wildman–Crippen MR) is 117 cm³/mol. The maximum Gasteiger partial charge on any atom is 0.251 e. The van der Waals surface area contributed by atoms with E-state index in [2.05, 4.69) is 40.7 Å². The van der Waals surface area contributed by atoms with Crippen molar-refractivity contribution in [1.82, 2.24) is 9.55 Å². The van der Waals surface area contributed by atoms with Gasteiger partial charge in [0.2, 0.25) is 0 Å². The lowest BCUT2D eigenvalue weighted by Gasteiger charge is -2.21. The van der Waals surface area contributed by atoms with E-state index >= 15 is 0 Å². The summed E-state index contributed by atoms with van der Waals surface area (Å²) in [5.41, 5.74) is 13.2. The van der Waals surface area contributed by atoms with Gasteiger partial charge in [-0.25, -0.2) is 0 Å². The Hall–Kier alpha value is -2.88. The van der Waals surface area contributed by atoms with E-state index < -0.39 is 0 Å². The van der Waals surface area contributed by atoms with E-state index in [4.69, 9.17) is 5.73 Å². The lowest BCUT2D eigenvalue weighted by atomic mass is 10.0. The number of nitrogens with zero attached hydrogens (tertiary/aromatic N) is 2. The van der Waals surface area contributed by atoms with E-state index in [1.165, 1.54) is 23.2 Å². The smallest absolute Gasteiger partial charge is 0.251 e. The zero-order chi connectivity index (χ0) is 20.4. The van der Waals surface area contributed by atoms with E-state index in [0.29, 0.717) is 5.56 Å². The molecule has 2 aromatic heterocycles. The van der Waals surface area contributed by atoms with Crippen LogP contribution in [-0.4, -0.2) is 15.5 Å². The van der Waals surface area contributed by atoms with Crippen LogP contribution in [0.4, 0.5) is 0 Å². The van der Waals surface area contributed by atoms with Crippen molar-refractivity contribution in [3.63, 3.8) is 0 Å². The van der Waals surface area contributed by atoms with Gasteiger partial charge in [0.1, 0.15) is 0 Å². The van der Waals surface area contributed by atoms with Crippen molar-refractivity contribution in [1.29, 1.82) is 0 Å². The highest BCUT2D eigenvalue weighted by atomic mass is 16.1. The van der Waals surface area contributed by atoms with Gasteiger partial charge in [0.25, 0.3) is 5.91 Å². The van der Waals surface area contributed by atoms with Gasteiger partial charge < -0.3 is 10.3 Å². The molecule has 2 heterocycles. The molecule has 1 unspecified atom stereocenters. The highest BCUT2D eigenvalue weighted by Gasteiger charge is 2.32. The molecule has 0 bridgehead atoms. The molecule has 4 rings (SSSR count). The Kier molecular flexibility index (Phi) is 5.52. The van der Waals surface area contributed by atoms with Gasteiger partial charge in [-0.05, 0) is 55.9 Å². The number of benzene rings is 1. The van der Waals surface area contributed by atoms with Gasteiger partial charge in [-0.2, -0.15) is 0 Å². The average molecular weight is 388 g/mol. The number of unbranched alkanes of at least 4 members (excludes halogenated alkanes) is 2. The number of carbonyl (C=O) groups is 1. The van der Waals surface area contributed by atoms with Gasteiger partial charge in [-0.3, -0.25) is 9.78 Å². The Morgan fingerprint density at radius 2 is 1.97 bits per heavy atom. The number of pyridine rings is 1. The van der Waals surface area contributed by atoms with Crippen LogP contribution in [0.1, 0.15) is 71.5 Å². The van der Waals surface area contributed by atoms with E-state index in [1.807, 2.05) is 25.1 Å². The molecule has 0 aliphatic heterocycles. The number of amides is 1. The molecule has 29 heavy (non-hydrogen) atoms. The minimum absolute atomic E-state index is 0.249. The van der Waals surface area contributed by atoms with Gasteiger partial charge in [-0.1, -0.05) is 50.1 Å². The number of hydrogen-bond acceptors (Lipinski definition) is 2. The third kappa shape index (κ3) is 3.48. The molecular weight excluding hydrogens is 358 g/mol. The van der Waals surface area contributed by atoms with Gasteiger partial charge in [0.15, 0.2) is 0 Å². The van der Waals surface area contributed by atoms with Crippen LogP contribution in [-0.2, 0) is 12.8 Å². The number of fused-ring (bicyclic) bond motifs is 1. The van der Waals surface area contributed by atoms with E-state index in [9.17, 15) is 4.79 Å². The fourth-order valence-corrected chi connectivity index (χ4v) is 4.87. The predicted octanol–water partition coefficient (Wildman–Crippen LogP) is 5.23. The molecular formula is C25H29N3O. The summed E-state index contributed by atoms with van der Waals surface area (Å²) in [6, 6.07) is 14.8. The van der Waals surface area contributed by atoms with Crippen LogP contribution in [0, 0.1) is 6.92 Å². The van der Waals surface area contributed by atoms with Crippen LogP contribution in [0.25, 0.3) is 11.3 Å². The number of aryl methyl sites for hydroxylation is 1. The third-order valence-corrected chi connectivity index (χ3v) is 6.15. The van der Waals surface area contributed by atoms with Crippen molar-refractivity contribution in [2.75, 3.05) is 0 Å². The summed E-state index contributed by atoms with van der Waals surface area (Å²) >= 11 is 0. The van der Waals surface area contributed by atoms with Crippen LogP contribution in [0.2, 0.25) is 0 Å². The van der Waals surface area contributed by atoms with Crippen LogP contribution < -0.4 is 5.73 Å². The van der Waals surface area contributed by atoms with Crippen LogP contribution in [0.3, 0.4) is 0 Å². The Labute approximate surface area is 172 Å². The molecule has 2 N–H and O–H groups in total. The zero-order valence-electron chi connectivity index (χ0n) is 17.3. The van der Waals surface area contributed by atoms with Crippen LogP contribution >= 0.6 is 0 Å². The van der Waals surface area contributed by atoms with Crippen LogP contribution in [0.5, 0.6) is 0 Å². The molecule has 1 atom stereocenters. The number of aromatic nitrogens is 2. The molecule has 150 valence electrons. The Morgan fingerprint density at radius 1 is 1.17 bits per heavy atom. The molecule has 4 heteroatoms. The first-order valence-electron chi connectivity index (χ1n) is 10.7. The standard InChI is InChI=1S/C25H29N3O/c1-3-4-5-13-22-24(20-12-8-9-16-27-20)23(25(26)29)17(2)28(22)21-15-14-18-10-6-7-11-19(18)21/h6-12,16,21H,3-5,13-15H2,1-2H3,(H2,26,29). The van der Waals surface area contributed by atoms with Crippen molar-refractivity contribution in [3.05, 3.63) is 76.7 Å². The van der Waals surface area contributed by atoms with Gasteiger partial charge >= 0.3 is 0 Å². The Bertz CT molecular complexity index is 1020. The third-order valence-electron chi connectivity index (χ3n) is 6.15. The molecule has 0 radical (unpaired) electrons. The average Bonchev–Trinajstić information content (AvgIpc) is 3.27. The number of nitrogens with two attached hydrogens (primary N) is 1. The second kappa shape index (κ2) is 8.24. The number of hydrogen-bond donors (Lipinski definition) is 1. The summed E-state index contributed by atoms with van der Waals surface area (Å²) in [6.45, 7) is 4.25. The largest absolute Gasteiger partial charge is 0.366 e. The molecule has 3 aromatic rings. The van der Waals surface area contributed by atoms with E-state index in [0.717, 1.165) is 49.1 Å². The van der Waals surface area contributed by atoms with Crippen molar-refractivity contribution >= 4 is 5.91 Å². The molecule has 0 saturated carbocycles. The Balaban J connectivity index is 1.94. The maximum atomic E-state index is 12.6. The normalized spacial score (nSPS) is 15.4. The van der Waals surface area contributed by atoms with E-state index in [-0.39, 0.29) is 11.9 Å². The number of carbonyl (C=O) groups excluding carboxylic acids is 1. The van der Waals surface area contributed by atoms with Gasteiger partial charge in [0.05, 0.1) is 17.3 Å². The second-order valence-corrected chi connectivity index (χ2v) is 7.94. The number of rotatable bonds is 7. The molecule has 1 aliphatic carbocycles. The fraction of sp³-hybridized carbons (Fsp3) is 0.360. The Morgan fingerprint density at radius 3 is 2.69 bits per heavy atom. The SMILES string of the molecule is CCCCCc1c(-c2ccccn2)c(C(N)=O)c(C)n1C1CCc2ccccc21. The lowest BCUT2D eigenvalue weighted by Crippen LogP contribution is -2.15. The molecule has 1 amide bonds. The first-order valence-corrected chi connectivity index (χ1v) is 10.7. The minimum Gasteiger partial charge on any atom is -0.366 e. The monoisotopic (exact) mass is 387 g/mol. The van der Waals surface area contributed by atoms with Gasteiger partial charge in [-0.15, -0.1) is 0 Å². The van der Waals surface area contributed by atoms with E-state index in [1.54, 1.807) is 6.20 Å². The quantitative estimate of drug-likeness (QED) is 0.565. The summed E-state index contributed by atoms with van der Waals surface area (Å²) < 4.78 is 2.39. The first kappa shape index (κ1) is 19.4. The topological polar surface area (TPSA) is 60.9 Å². The highest BCUT2D eigenvalue weighted by molar-refractivity contribution is 6.01. The summed E-state index contributed by atoms with van der Waals surface area (Å²) in [5.74, 6) is -0.370. The number of primary amides is 1. The molecule has 0 fully saturated rings. The lowest BCUT2D eigenvalue weighted by molar-refractivity contribution is 0.1000. The summed E-state index contributed by atoms with van der Waals surface area (Å²) in [5, 5.41) is 0. The second-order valence-electron chi connectivity index (χ2n) is 7.94. The molecule has 1 aromatic carbocycles. The summed E-state index contributed by atoms with van der Waals surface area (Å²) in [4.78, 5) is 17.1. The van der Waals surface area contributed by atoms with Crippen molar-refractivity contribution in [2.45, 2.75) is 58.4 Å². The van der Waals surface area contributed by atoms with Crippen molar-refractivity contribution in [3.8, 4) is 11.3 Å². The maximum absolute atomic E-state index is 12.6.